The number of benzene rings is 7. The van der Waals surface area contributed by atoms with Crippen molar-refractivity contribution in [2.24, 2.45) is 15.9 Å². The van der Waals surface area contributed by atoms with Crippen molar-refractivity contribution in [3.63, 3.8) is 0 Å². The van der Waals surface area contributed by atoms with Gasteiger partial charge in [0.2, 0.25) is 0 Å². The molecule has 1 saturated carbocycles. The van der Waals surface area contributed by atoms with Gasteiger partial charge in [-0.05, 0) is 98.4 Å². The molecule has 0 saturated heterocycles. The normalized spacial score (nSPS) is 19.1. The fourth-order valence-electron chi connectivity index (χ4n) is 11.2. The Labute approximate surface area is 372 Å². The Bertz CT molecular complexity index is 3170. The summed E-state index contributed by atoms with van der Waals surface area (Å²) in [6.07, 6.45) is 3.10. The molecule has 11 rings (SSSR count). The quantitative estimate of drug-likeness (QED) is 0.170. The summed E-state index contributed by atoms with van der Waals surface area (Å²) >= 11 is 0. The van der Waals surface area contributed by atoms with E-state index < -0.39 is 5.54 Å². The minimum Gasteiger partial charge on any atom is -0.455 e. The van der Waals surface area contributed by atoms with E-state index in [-0.39, 0.29) is 22.2 Å². The molecular formula is C60H56N2O. The van der Waals surface area contributed by atoms with Crippen molar-refractivity contribution in [2.75, 3.05) is 0 Å². The van der Waals surface area contributed by atoms with Crippen LogP contribution < -0.4 is 0 Å². The van der Waals surface area contributed by atoms with Crippen LogP contribution in [-0.2, 0) is 21.8 Å². The zero-order valence-electron chi connectivity index (χ0n) is 37.9. The number of furan rings is 1. The second-order valence-electron chi connectivity index (χ2n) is 20.9. The van der Waals surface area contributed by atoms with E-state index in [1.54, 1.807) is 0 Å². The van der Waals surface area contributed by atoms with Gasteiger partial charge >= 0.3 is 0 Å². The number of rotatable bonds is 5. The van der Waals surface area contributed by atoms with E-state index >= 15 is 0 Å². The maximum atomic E-state index is 7.29. The molecule has 1 aliphatic heterocycles. The Hall–Kier alpha value is -6.32. The lowest BCUT2D eigenvalue weighted by molar-refractivity contribution is 0.400. The van der Waals surface area contributed by atoms with Crippen molar-refractivity contribution in [1.29, 1.82) is 0 Å². The van der Waals surface area contributed by atoms with Crippen molar-refractivity contribution >= 4 is 33.5 Å². The molecule has 0 spiro atoms. The molecule has 1 fully saturated rings. The summed E-state index contributed by atoms with van der Waals surface area (Å²) in [4.78, 5) is 11.3. The molecule has 0 bridgehead atoms. The van der Waals surface area contributed by atoms with Crippen LogP contribution >= 0.6 is 0 Å². The van der Waals surface area contributed by atoms with Crippen LogP contribution in [0.4, 0.5) is 0 Å². The van der Waals surface area contributed by atoms with Crippen molar-refractivity contribution < 1.29 is 4.42 Å². The van der Waals surface area contributed by atoms with Crippen LogP contribution in [0.25, 0.3) is 55.3 Å². The van der Waals surface area contributed by atoms with Gasteiger partial charge in [-0.3, -0.25) is 4.99 Å². The monoisotopic (exact) mass is 820 g/mol. The number of hydrogen-bond donors (Lipinski definition) is 0. The summed E-state index contributed by atoms with van der Waals surface area (Å²) < 4.78 is 7.29. The zero-order chi connectivity index (χ0) is 43.5. The molecule has 8 aromatic rings. The fourth-order valence-corrected chi connectivity index (χ4v) is 11.2. The van der Waals surface area contributed by atoms with Crippen LogP contribution in [0.3, 0.4) is 0 Å². The number of hydrogen-bond acceptors (Lipinski definition) is 3. The Morgan fingerprint density at radius 3 is 1.87 bits per heavy atom. The maximum Gasteiger partial charge on any atom is 0.155 e. The Morgan fingerprint density at radius 1 is 0.540 bits per heavy atom. The first kappa shape index (κ1) is 39.5. The number of fused-ring (bicyclic) bond motifs is 7. The van der Waals surface area contributed by atoms with Crippen LogP contribution in [0.1, 0.15) is 114 Å². The molecule has 0 radical (unpaired) electrons. The summed E-state index contributed by atoms with van der Waals surface area (Å²) in [5.74, 6) is 0.929. The molecule has 312 valence electrons. The Balaban J connectivity index is 1.10. The van der Waals surface area contributed by atoms with Crippen molar-refractivity contribution in [1.82, 2.24) is 0 Å². The number of nitrogens with zero attached hydrogens (tertiary/aromatic N) is 2. The molecule has 2 heterocycles. The highest BCUT2D eigenvalue weighted by atomic mass is 16.3. The summed E-state index contributed by atoms with van der Waals surface area (Å²) in [6.45, 7) is 18.5. The molecule has 7 aromatic carbocycles. The minimum absolute atomic E-state index is 0.0420. The van der Waals surface area contributed by atoms with E-state index in [1.165, 1.54) is 61.2 Å². The predicted octanol–water partition coefficient (Wildman–Crippen LogP) is 15.8. The fraction of sp³-hybridized carbons (Fsp3) is 0.267. The van der Waals surface area contributed by atoms with Crippen LogP contribution in [0.5, 0.6) is 0 Å². The smallest absolute Gasteiger partial charge is 0.155 e. The van der Waals surface area contributed by atoms with Crippen LogP contribution in [-0.4, -0.2) is 11.5 Å². The summed E-state index contributed by atoms with van der Waals surface area (Å²) in [7, 11) is 0. The van der Waals surface area contributed by atoms with Crippen LogP contribution in [0.2, 0.25) is 0 Å². The molecule has 3 heteroatoms. The maximum absolute atomic E-state index is 7.29. The van der Waals surface area contributed by atoms with E-state index in [0.717, 1.165) is 63.9 Å². The standard InChI is InChI=1S/C60H56N2O/c1-57(2,3)49-32-31-45(53-48-24-17-33-60(48,42-20-13-10-14-21-42)62-56(61-53)39-18-11-9-12-19-39)52-46-34-41(36-51(58(4,5)6)54(46)63-55(49)52)38-27-25-37(26-28-38)40-29-30-44-43-22-15-16-23-47(43)59(7,8)50(44)35-40/h9-16,18-23,25-32,34-36,48H,17,24,33H2,1-8H3. The van der Waals surface area contributed by atoms with Crippen molar-refractivity contribution in [3.8, 4) is 33.4 Å². The SMILES string of the molecule is CC(C)(C)c1cc(-c2ccc(-c3ccc4c(c3)C(C)(C)c3ccccc3-4)cc2)cc2c1oc1c(C(C)(C)C)ccc(C3=NC(c4ccccc4)=NC4(c5ccccc5)CCCC34)c12. The largest absolute Gasteiger partial charge is 0.455 e. The third-order valence-corrected chi connectivity index (χ3v) is 14.5. The first-order valence-electron chi connectivity index (χ1n) is 22.9. The molecule has 3 aliphatic rings. The molecule has 0 amide bonds. The molecule has 1 aromatic heterocycles. The first-order chi connectivity index (χ1) is 30.2. The molecule has 2 atom stereocenters. The van der Waals surface area contributed by atoms with Gasteiger partial charge in [-0.25, -0.2) is 4.99 Å². The first-order valence-corrected chi connectivity index (χ1v) is 22.9. The highest BCUT2D eigenvalue weighted by Crippen LogP contribution is 2.53. The summed E-state index contributed by atoms with van der Waals surface area (Å²) in [5, 5.41) is 2.30. The topological polar surface area (TPSA) is 37.9 Å². The zero-order valence-corrected chi connectivity index (χ0v) is 37.9. The lowest BCUT2D eigenvalue weighted by Gasteiger charge is -2.37. The van der Waals surface area contributed by atoms with Gasteiger partial charge in [-0.2, -0.15) is 0 Å². The molecular weight excluding hydrogens is 765 g/mol. The lowest BCUT2D eigenvalue weighted by atomic mass is 9.74. The van der Waals surface area contributed by atoms with E-state index in [1.807, 2.05) is 0 Å². The van der Waals surface area contributed by atoms with E-state index in [4.69, 9.17) is 14.4 Å². The van der Waals surface area contributed by atoms with E-state index in [2.05, 4.69) is 207 Å². The molecule has 2 unspecified atom stereocenters. The molecule has 63 heavy (non-hydrogen) atoms. The van der Waals surface area contributed by atoms with Gasteiger partial charge in [-0.1, -0.05) is 189 Å². The molecule has 3 nitrogen and oxygen atoms in total. The Kier molecular flexibility index (Phi) is 8.84. The van der Waals surface area contributed by atoms with Gasteiger partial charge in [-0.15, -0.1) is 0 Å². The minimum atomic E-state index is -0.403. The average molecular weight is 821 g/mol. The second kappa shape index (κ2) is 14.1. The third-order valence-electron chi connectivity index (χ3n) is 14.5. The van der Waals surface area contributed by atoms with Gasteiger partial charge in [0.05, 0.1) is 11.3 Å². The van der Waals surface area contributed by atoms with Gasteiger partial charge in [0.25, 0.3) is 0 Å². The van der Waals surface area contributed by atoms with E-state index in [9.17, 15) is 0 Å². The van der Waals surface area contributed by atoms with Crippen molar-refractivity contribution in [3.05, 3.63) is 191 Å². The number of aliphatic imine (C=N–C) groups is 2. The van der Waals surface area contributed by atoms with Crippen LogP contribution in [0, 0.1) is 5.92 Å². The Morgan fingerprint density at radius 2 is 1.16 bits per heavy atom. The highest BCUT2D eigenvalue weighted by Gasteiger charge is 2.50. The van der Waals surface area contributed by atoms with E-state index in [0.29, 0.717) is 0 Å². The van der Waals surface area contributed by atoms with Gasteiger partial charge in [0.1, 0.15) is 11.2 Å². The van der Waals surface area contributed by atoms with Crippen LogP contribution in [0.15, 0.2) is 166 Å². The summed E-state index contributed by atoms with van der Waals surface area (Å²) in [6, 6.07) is 56.1. The molecule has 2 aliphatic carbocycles. The van der Waals surface area contributed by atoms with Gasteiger partial charge in [0.15, 0.2) is 5.84 Å². The number of amidine groups is 1. The molecule has 0 N–H and O–H groups in total. The third kappa shape index (κ3) is 6.21. The van der Waals surface area contributed by atoms with Gasteiger partial charge in [0, 0.05) is 44.4 Å². The lowest BCUT2D eigenvalue weighted by Crippen LogP contribution is -2.39. The van der Waals surface area contributed by atoms with Crippen molar-refractivity contribution in [2.45, 2.75) is 96.4 Å². The average Bonchev–Trinajstić information content (AvgIpc) is 3.97. The van der Waals surface area contributed by atoms with Gasteiger partial charge < -0.3 is 4.42 Å². The second-order valence-corrected chi connectivity index (χ2v) is 20.9. The predicted molar refractivity (Wildman–Crippen MR) is 265 cm³/mol. The summed E-state index contributed by atoms with van der Waals surface area (Å²) in [5.41, 5.74) is 18.5. The highest BCUT2D eigenvalue weighted by molar-refractivity contribution is 6.24.